The lowest BCUT2D eigenvalue weighted by Crippen LogP contribution is -2.28. The van der Waals surface area contributed by atoms with E-state index in [1.165, 1.54) is 28.5 Å². The molecule has 0 spiro atoms. The van der Waals surface area contributed by atoms with Crippen LogP contribution in [0.15, 0.2) is 60.9 Å². The Morgan fingerprint density at radius 1 is 1.19 bits per heavy atom. The molecule has 9 nitrogen and oxygen atoms in total. The lowest BCUT2D eigenvalue weighted by atomic mass is 10.0. The van der Waals surface area contributed by atoms with E-state index in [1.54, 1.807) is 18.2 Å². The maximum atomic E-state index is 13.1. The summed E-state index contributed by atoms with van der Waals surface area (Å²) in [5.41, 5.74) is 3.34. The van der Waals surface area contributed by atoms with Gasteiger partial charge in [-0.25, -0.2) is 4.98 Å². The Balaban J connectivity index is 1.64. The number of nitro groups is 1. The number of benzene rings is 2. The van der Waals surface area contributed by atoms with Gasteiger partial charge >= 0.3 is 0 Å². The molecule has 0 radical (unpaired) electrons. The number of nitro benzene ring substituents is 1. The van der Waals surface area contributed by atoms with Gasteiger partial charge in [-0.2, -0.15) is 14.6 Å². The molecule has 1 N–H and O–H groups in total. The van der Waals surface area contributed by atoms with E-state index >= 15 is 0 Å². The van der Waals surface area contributed by atoms with Gasteiger partial charge in [0.15, 0.2) is 0 Å². The molecule has 1 atom stereocenters. The van der Waals surface area contributed by atoms with Crippen LogP contribution in [-0.4, -0.2) is 30.4 Å². The number of aryl methyl sites for hydroxylation is 1. The molecule has 0 saturated carbocycles. The molecule has 2 aromatic heterocycles. The molecule has 2 aromatic carbocycles. The number of hydrogen-bond donors (Lipinski definition) is 1. The molecule has 0 bridgehead atoms. The monoisotopic (exact) mass is 430 g/mol. The van der Waals surface area contributed by atoms with Crippen molar-refractivity contribution in [1.29, 1.82) is 0 Å². The fourth-order valence-electron chi connectivity index (χ4n) is 3.52. The van der Waals surface area contributed by atoms with E-state index in [1.807, 2.05) is 19.1 Å². The molecule has 1 amide bonds. The van der Waals surface area contributed by atoms with E-state index < -0.39 is 4.92 Å². The zero-order valence-electron chi connectivity index (χ0n) is 17.7. The summed E-state index contributed by atoms with van der Waals surface area (Å²) in [4.78, 5) is 32.3. The summed E-state index contributed by atoms with van der Waals surface area (Å²) >= 11 is 0. The van der Waals surface area contributed by atoms with Crippen molar-refractivity contribution in [1.82, 2.24) is 24.9 Å². The fourth-order valence-corrected chi connectivity index (χ4v) is 3.52. The lowest BCUT2D eigenvalue weighted by Gasteiger charge is -2.15. The summed E-state index contributed by atoms with van der Waals surface area (Å²) in [5, 5.41) is 18.2. The average Bonchev–Trinajstić information content (AvgIpc) is 3.28. The number of non-ortho nitro benzene ring substituents is 1. The van der Waals surface area contributed by atoms with Crippen molar-refractivity contribution >= 4 is 17.4 Å². The number of carbonyl (C=O) groups is 1. The summed E-state index contributed by atoms with van der Waals surface area (Å²) in [6.07, 6.45) is 3.41. The molecule has 32 heavy (non-hydrogen) atoms. The van der Waals surface area contributed by atoms with Gasteiger partial charge in [-0.1, -0.05) is 49.7 Å². The largest absolute Gasteiger partial charge is 0.344 e. The lowest BCUT2D eigenvalue weighted by molar-refractivity contribution is -0.384. The highest BCUT2D eigenvalue weighted by molar-refractivity contribution is 5.94. The predicted octanol–water partition coefficient (Wildman–Crippen LogP) is 4.14. The van der Waals surface area contributed by atoms with Crippen LogP contribution in [0.1, 0.15) is 47.9 Å². The number of carbonyl (C=O) groups excluding carboxylic acids is 1. The zero-order chi connectivity index (χ0) is 22.7. The second-order valence-electron chi connectivity index (χ2n) is 7.49. The van der Waals surface area contributed by atoms with Gasteiger partial charge in [0.1, 0.15) is 12.0 Å². The minimum atomic E-state index is -0.472. The predicted molar refractivity (Wildman–Crippen MR) is 119 cm³/mol. The van der Waals surface area contributed by atoms with Crippen LogP contribution in [0.2, 0.25) is 0 Å². The Morgan fingerprint density at radius 2 is 1.97 bits per heavy atom. The summed E-state index contributed by atoms with van der Waals surface area (Å²) in [6, 6.07) is 15.6. The van der Waals surface area contributed by atoms with Gasteiger partial charge in [0.05, 0.1) is 16.7 Å². The topological polar surface area (TPSA) is 115 Å². The van der Waals surface area contributed by atoms with E-state index in [2.05, 4.69) is 39.4 Å². The van der Waals surface area contributed by atoms with Crippen LogP contribution in [-0.2, 0) is 6.42 Å². The number of amides is 1. The molecule has 4 rings (SSSR count). The highest BCUT2D eigenvalue weighted by atomic mass is 16.6. The molecule has 4 aromatic rings. The van der Waals surface area contributed by atoms with Crippen molar-refractivity contribution in [2.24, 2.45) is 0 Å². The van der Waals surface area contributed by atoms with Crippen LogP contribution in [0, 0.1) is 10.1 Å². The van der Waals surface area contributed by atoms with Crippen molar-refractivity contribution in [2.45, 2.75) is 32.7 Å². The van der Waals surface area contributed by atoms with E-state index in [9.17, 15) is 14.9 Å². The quantitative estimate of drug-likeness (QED) is 0.348. The molecular formula is C23H22N6O3. The smallest absolute Gasteiger partial charge is 0.270 e. The van der Waals surface area contributed by atoms with Gasteiger partial charge in [-0.05, 0) is 30.5 Å². The highest BCUT2D eigenvalue weighted by Gasteiger charge is 2.19. The average molecular weight is 430 g/mol. The SMILES string of the molecule is CCCc1ccc(C(C)NC(=O)c2cc(-c3cccc([N+](=O)[O-])c3)nc3ncnn23)cc1. The molecule has 0 aliphatic heterocycles. The van der Waals surface area contributed by atoms with Crippen LogP contribution in [0.3, 0.4) is 0 Å². The van der Waals surface area contributed by atoms with Crippen LogP contribution in [0.25, 0.3) is 17.0 Å². The number of rotatable bonds is 7. The van der Waals surface area contributed by atoms with E-state index in [4.69, 9.17) is 0 Å². The first-order valence-corrected chi connectivity index (χ1v) is 10.3. The van der Waals surface area contributed by atoms with Crippen LogP contribution >= 0.6 is 0 Å². The van der Waals surface area contributed by atoms with Crippen molar-refractivity contribution in [3.63, 3.8) is 0 Å². The normalized spacial score (nSPS) is 11.9. The molecule has 0 fully saturated rings. The van der Waals surface area contributed by atoms with Crippen LogP contribution in [0.4, 0.5) is 5.69 Å². The molecule has 0 aliphatic carbocycles. The number of fused-ring (bicyclic) bond motifs is 1. The fraction of sp³-hybridized carbons (Fsp3) is 0.217. The Bertz CT molecular complexity index is 1280. The van der Waals surface area contributed by atoms with Crippen molar-refractivity contribution < 1.29 is 9.72 Å². The minimum absolute atomic E-state index is 0.0585. The number of nitrogens with one attached hydrogen (secondary N) is 1. The summed E-state index contributed by atoms with van der Waals surface area (Å²) in [7, 11) is 0. The third-order valence-electron chi connectivity index (χ3n) is 5.20. The highest BCUT2D eigenvalue weighted by Crippen LogP contribution is 2.24. The Labute approximate surface area is 184 Å². The molecule has 0 aliphatic rings. The first-order chi connectivity index (χ1) is 15.5. The van der Waals surface area contributed by atoms with Crippen molar-refractivity contribution in [3.8, 4) is 11.3 Å². The van der Waals surface area contributed by atoms with Gasteiger partial charge in [-0.15, -0.1) is 0 Å². The van der Waals surface area contributed by atoms with Gasteiger partial charge in [0, 0.05) is 17.7 Å². The maximum absolute atomic E-state index is 13.1. The van der Waals surface area contributed by atoms with Gasteiger partial charge in [0.2, 0.25) is 0 Å². The standard InChI is InChI=1S/C23H22N6O3/c1-3-5-16-8-10-17(11-9-16)15(2)26-22(30)21-13-20(27-23-24-14-25-28(21)23)18-6-4-7-19(12-18)29(31)32/h4,6-15H,3,5H2,1-2H3,(H,26,30). The van der Waals surface area contributed by atoms with E-state index in [0.29, 0.717) is 11.3 Å². The molecular weight excluding hydrogens is 408 g/mol. The summed E-state index contributed by atoms with van der Waals surface area (Å²) < 4.78 is 1.35. The third-order valence-corrected chi connectivity index (χ3v) is 5.20. The van der Waals surface area contributed by atoms with Crippen LogP contribution in [0.5, 0.6) is 0 Å². The first kappa shape index (κ1) is 21.1. The third kappa shape index (κ3) is 4.31. The van der Waals surface area contributed by atoms with Gasteiger partial charge < -0.3 is 5.32 Å². The Kier molecular flexibility index (Phi) is 5.89. The number of nitrogens with zero attached hydrogens (tertiary/aromatic N) is 5. The molecule has 162 valence electrons. The number of hydrogen-bond acceptors (Lipinski definition) is 6. The molecule has 1 unspecified atom stereocenters. The minimum Gasteiger partial charge on any atom is -0.344 e. The van der Waals surface area contributed by atoms with Crippen molar-refractivity contribution in [3.05, 3.63) is 87.9 Å². The van der Waals surface area contributed by atoms with E-state index in [-0.39, 0.29) is 29.1 Å². The molecule has 0 saturated heterocycles. The second kappa shape index (κ2) is 8.93. The zero-order valence-corrected chi connectivity index (χ0v) is 17.7. The van der Waals surface area contributed by atoms with E-state index in [0.717, 1.165) is 18.4 Å². The Morgan fingerprint density at radius 3 is 2.69 bits per heavy atom. The number of aromatic nitrogens is 4. The summed E-state index contributed by atoms with van der Waals surface area (Å²) in [6.45, 7) is 4.05. The molecule has 2 heterocycles. The molecule has 9 heteroatoms. The Hall–Kier alpha value is -4.14. The maximum Gasteiger partial charge on any atom is 0.270 e. The first-order valence-electron chi connectivity index (χ1n) is 10.3. The summed E-state index contributed by atoms with van der Waals surface area (Å²) in [5.74, 6) is -0.115. The van der Waals surface area contributed by atoms with Gasteiger partial charge in [-0.3, -0.25) is 14.9 Å². The van der Waals surface area contributed by atoms with Crippen molar-refractivity contribution in [2.75, 3.05) is 0 Å². The second-order valence-corrected chi connectivity index (χ2v) is 7.49. The van der Waals surface area contributed by atoms with Crippen LogP contribution < -0.4 is 5.32 Å². The van der Waals surface area contributed by atoms with Gasteiger partial charge in [0.25, 0.3) is 17.4 Å².